The molecular weight excluding hydrogens is 452 g/mol. The Hall–Kier alpha value is -2.10. The van der Waals surface area contributed by atoms with E-state index >= 15 is 0 Å². The number of anilines is 1. The van der Waals surface area contributed by atoms with Gasteiger partial charge in [0.05, 0.1) is 33.6 Å². The average molecular weight is 473 g/mol. The number of rotatable bonds is 5. The van der Waals surface area contributed by atoms with Gasteiger partial charge in [-0.05, 0) is 36.8 Å². The van der Waals surface area contributed by atoms with Gasteiger partial charge >= 0.3 is 0 Å². The molecule has 0 spiro atoms. The summed E-state index contributed by atoms with van der Waals surface area (Å²) in [5, 5.41) is 1.84. The first-order valence-corrected chi connectivity index (χ1v) is 12.1. The lowest BCUT2D eigenvalue weighted by atomic mass is 10.2. The topological polar surface area (TPSA) is 58.6 Å². The molecule has 0 atom stereocenters. The Balaban J connectivity index is 1.50. The van der Waals surface area contributed by atoms with Crippen molar-refractivity contribution in [3.63, 3.8) is 0 Å². The van der Waals surface area contributed by atoms with E-state index in [2.05, 4.69) is 9.88 Å². The number of benzene rings is 2. The number of hydrogen-bond acceptors (Lipinski definition) is 7. The fourth-order valence-electron chi connectivity index (χ4n) is 3.69. The first kappa shape index (κ1) is 20.8. The van der Waals surface area contributed by atoms with Crippen LogP contribution in [0.3, 0.4) is 0 Å². The van der Waals surface area contributed by atoms with Crippen LogP contribution in [0.15, 0.2) is 36.4 Å². The summed E-state index contributed by atoms with van der Waals surface area (Å²) in [7, 11) is 0. The van der Waals surface area contributed by atoms with Crippen LogP contribution in [0, 0.1) is 6.92 Å². The summed E-state index contributed by atoms with van der Waals surface area (Å²) >= 11 is 9.17. The molecule has 1 amide bonds. The van der Waals surface area contributed by atoms with Gasteiger partial charge in [-0.1, -0.05) is 35.1 Å². The monoisotopic (exact) mass is 472 g/mol. The van der Waals surface area contributed by atoms with Gasteiger partial charge in [0.2, 0.25) is 0 Å². The van der Waals surface area contributed by atoms with Gasteiger partial charge in [0.25, 0.3) is 5.91 Å². The molecule has 0 radical (unpaired) electrons. The van der Waals surface area contributed by atoms with E-state index in [0.29, 0.717) is 21.7 Å². The Morgan fingerprint density at radius 3 is 2.77 bits per heavy atom. The van der Waals surface area contributed by atoms with Gasteiger partial charge in [-0.3, -0.25) is 14.6 Å². The molecule has 4 aromatic rings. The van der Waals surface area contributed by atoms with Gasteiger partial charge in [0.1, 0.15) is 0 Å². The van der Waals surface area contributed by atoms with Crippen molar-refractivity contribution in [3.05, 3.63) is 52.0 Å². The molecule has 5 rings (SSSR count). The van der Waals surface area contributed by atoms with E-state index in [9.17, 15) is 4.79 Å². The van der Waals surface area contributed by atoms with E-state index in [1.807, 2.05) is 43.3 Å². The van der Waals surface area contributed by atoms with Crippen LogP contribution in [0.2, 0.25) is 5.02 Å². The van der Waals surface area contributed by atoms with Crippen LogP contribution < -0.4 is 4.90 Å². The number of ether oxygens (including phenoxy) is 1. The quantitative estimate of drug-likeness (QED) is 0.415. The molecule has 2 aromatic heterocycles. The summed E-state index contributed by atoms with van der Waals surface area (Å²) in [6.07, 6.45) is 0. The predicted octanol–water partition coefficient (Wildman–Crippen LogP) is 4.85. The van der Waals surface area contributed by atoms with Crippen LogP contribution in [-0.2, 0) is 4.74 Å². The number of para-hydroxylation sites is 1. The second kappa shape index (κ2) is 8.80. The largest absolute Gasteiger partial charge is 0.379 e. The predicted molar refractivity (Wildman–Crippen MR) is 128 cm³/mol. The van der Waals surface area contributed by atoms with Gasteiger partial charge < -0.3 is 4.74 Å². The van der Waals surface area contributed by atoms with E-state index < -0.39 is 0 Å². The molecule has 6 nitrogen and oxygen atoms in total. The van der Waals surface area contributed by atoms with Crippen molar-refractivity contribution in [3.8, 4) is 0 Å². The number of aromatic nitrogens is 2. The first-order chi connectivity index (χ1) is 15.1. The number of hydrogen-bond donors (Lipinski definition) is 0. The summed E-state index contributed by atoms with van der Waals surface area (Å²) in [6.45, 7) is 6.49. The Kier molecular flexibility index (Phi) is 5.90. The molecule has 0 unspecified atom stereocenters. The number of morpholine rings is 1. The number of amides is 1. The molecule has 1 aliphatic heterocycles. The van der Waals surface area contributed by atoms with Gasteiger partial charge in [0, 0.05) is 31.2 Å². The van der Waals surface area contributed by atoms with Crippen molar-refractivity contribution < 1.29 is 9.53 Å². The van der Waals surface area contributed by atoms with E-state index in [4.69, 9.17) is 21.3 Å². The maximum absolute atomic E-state index is 13.6. The molecule has 1 saturated heterocycles. The van der Waals surface area contributed by atoms with E-state index in [0.717, 1.165) is 58.8 Å². The van der Waals surface area contributed by atoms with Crippen LogP contribution in [0.5, 0.6) is 0 Å². The number of carbonyl (C=O) groups is 1. The summed E-state index contributed by atoms with van der Waals surface area (Å²) in [5.74, 6) is -0.114. The van der Waals surface area contributed by atoms with Crippen LogP contribution in [0.4, 0.5) is 5.13 Å². The lowest BCUT2D eigenvalue weighted by Crippen LogP contribution is -2.43. The molecule has 0 bridgehead atoms. The van der Waals surface area contributed by atoms with Crippen LogP contribution in [0.1, 0.15) is 15.4 Å². The minimum Gasteiger partial charge on any atom is -0.379 e. The van der Waals surface area contributed by atoms with Crippen molar-refractivity contribution in [2.45, 2.75) is 6.92 Å². The van der Waals surface area contributed by atoms with Gasteiger partial charge in [0.15, 0.2) is 10.1 Å². The number of nitrogens with zero attached hydrogens (tertiary/aromatic N) is 4. The number of thiazole rings is 2. The fourth-order valence-corrected chi connectivity index (χ4v) is 6.05. The molecule has 0 N–H and O–H groups in total. The molecule has 0 aliphatic carbocycles. The van der Waals surface area contributed by atoms with Gasteiger partial charge in [-0.15, -0.1) is 11.3 Å². The standard InChI is InChI=1S/C22H21ClN4O2S2/c1-14-12-15(23)13-18-19(14)25-22(31-18)27(7-6-26-8-10-29-11-9-26)21(28)20-24-16-4-2-3-5-17(16)30-20/h2-5,12-13H,6-11H2,1H3. The third-order valence-electron chi connectivity index (χ3n) is 5.34. The van der Waals surface area contributed by atoms with Gasteiger partial charge in [-0.25, -0.2) is 9.97 Å². The molecule has 1 aliphatic rings. The highest BCUT2D eigenvalue weighted by molar-refractivity contribution is 7.23. The van der Waals surface area contributed by atoms with Crippen molar-refractivity contribution in [1.29, 1.82) is 0 Å². The van der Waals surface area contributed by atoms with Crippen LogP contribution >= 0.6 is 34.3 Å². The van der Waals surface area contributed by atoms with Crippen molar-refractivity contribution in [2.24, 2.45) is 0 Å². The second-order valence-corrected chi connectivity index (χ2v) is 9.94. The van der Waals surface area contributed by atoms with Crippen LogP contribution in [0.25, 0.3) is 20.4 Å². The Morgan fingerprint density at radius 1 is 1.16 bits per heavy atom. The molecule has 9 heteroatoms. The average Bonchev–Trinajstić information content (AvgIpc) is 3.39. The summed E-state index contributed by atoms with van der Waals surface area (Å²) in [4.78, 5) is 27.1. The van der Waals surface area contributed by atoms with Gasteiger partial charge in [-0.2, -0.15) is 0 Å². The van der Waals surface area contributed by atoms with E-state index in [1.165, 1.54) is 22.7 Å². The summed E-state index contributed by atoms with van der Waals surface area (Å²) in [5.41, 5.74) is 2.74. The van der Waals surface area contributed by atoms with Crippen molar-refractivity contribution in [2.75, 3.05) is 44.3 Å². The van der Waals surface area contributed by atoms with Crippen LogP contribution in [-0.4, -0.2) is 60.2 Å². The first-order valence-electron chi connectivity index (χ1n) is 10.1. The minimum absolute atomic E-state index is 0.114. The lowest BCUT2D eigenvalue weighted by Gasteiger charge is -2.28. The Labute approximate surface area is 193 Å². The summed E-state index contributed by atoms with van der Waals surface area (Å²) in [6, 6.07) is 11.6. The Bertz CT molecular complexity index is 1220. The minimum atomic E-state index is -0.114. The molecule has 2 aromatic carbocycles. The maximum Gasteiger partial charge on any atom is 0.289 e. The molecular formula is C22H21ClN4O2S2. The highest BCUT2D eigenvalue weighted by atomic mass is 35.5. The number of carbonyl (C=O) groups excluding carboxylic acids is 1. The van der Waals surface area contributed by atoms with Crippen molar-refractivity contribution >= 4 is 65.7 Å². The zero-order valence-electron chi connectivity index (χ0n) is 17.0. The zero-order valence-corrected chi connectivity index (χ0v) is 19.4. The van der Waals surface area contributed by atoms with E-state index in [-0.39, 0.29) is 5.91 Å². The number of halogens is 1. The third-order valence-corrected chi connectivity index (χ3v) is 7.60. The lowest BCUT2D eigenvalue weighted by molar-refractivity contribution is 0.0391. The summed E-state index contributed by atoms with van der Waals surface area (Å²) < 4.78 is 7.44. The maximum atomic E-state index is 13.6. The SMILES string of the molecule is Cc1cc(Cl)cc2sc(N(CCN3CCOCC3)C(=O)c3nc4ccccc4s3)nc12. The highest BCUT2D eigenvalue weighted by Gasteiger charge is 2.25. The number of fused-ring (bicyclic) bond motifs is 2. The molecule has 3 heterocycles. The zero-order chi connectivity index (χ0) is 21.4. The molecule has 1 fully saturated rings. The molecule has 0 saturated carbocycles. The fraction of sp³-hybridized carbons (Fsp3) is 0.318. The third kappa shape index (κ3) is 4.31. The Morgan fingerprint density at radius 2 is 1.97 bits per heavy atom. The number of aryl methyl sites for hydroxylation is 1. The smallest absolute Gasteiger partial charge is 0.289 e. The molecule has 31 heavy (non-hydrogen) atoms. The van der Waals surface area contributed by atoms with E-state index in [1.54, 1.807) is 4.90 Å². The highest BCUT2D eigenvalue weighted by Crippen LogP contribution is 2.34. The molecule has 160 valence electrons. The van der Waals surface area contributed by atoms with Crippen molar-refractivity contribution in [1.82, 2.24) is 14.9 Å². The second-order valence-electron chi connectivity index (χ2n) is 7.46. The normalized spacial score (nSPS) is 15.0.